The van der Waals surface area contributed by atoms with Crippen molar-refractivity contribution < 1.29 is 4.79 Å². The summed E-state index contributed by atoms with van der Waals surface area (Å²) in [7, 11) is 2.05. The van der Waals surface area contributed by atoms with Crippen LogP contribution in [0.25, 0.3) is 0 Å². The van der Waals surface area contributed by atoms with Gasteiger partial charge in [-0.05, 0) is 45.1 Å². The van der Waals surface area contributed by atoms with Gasteiger partial charge in [0.2, 0.25) is 5.91 Å². The number of carbonyl (C=O) groups excluding carboxylic acids is 1. The molecule has 1 saturated carbocycles. The largest absolute Gasteiger partial charge is 0.355 e. The molecule has 1 rings (SSSR count). The molecule has 1 aliphatic carbocycles. The number of nitrogens with zero attached hydrogens (tertiary/aromatic N) is 1. The van der Waals surface area contributed by atoms with Crippen molar-refractivity contribution in [2.75, 3.05) is 20.1 Å². The van der Waals surface area contributed by atoms with Gasteiger partial charge in [-0.15, -0.1) is 0 Å². The summed E-state index contributed by atoms with van der Waals surface area (Å²) in [5, 5.41) is 3.11. The van der Waals surface area contributed by atoms with E-state index in [1.54, 1.807) is 0 Å². The molecule has 0 spiro atoms. The Kier molecular flexibility index (Phi) is 7.44. The lowest BCUT2D eigenvalue weighted by Gasteiger charge is -2.26. The van der Waals surface area contributed by atoms with E-state index in [0.29, 0.717) is 18.5 Å². The smallest absolute Gasteiger partial charge is 0.234 e. The van der Waals surface area contributed by atoms with Gasteiger partial charge in [-0.3, -0.25) is 9.69 Å². The molecule has 0 aromatic carbocycles. The van der Waals surface area contributed by atoms with E-state index >= 15 is 0 Å². The molecule has 1 amide bonds. The summed E-state index contributed by atoms with van der Waals surface area (Å²) in [6.45, 7) is 8.07. The zero-order chi connectivity index (χ0) is 14.3. The van der Waals surface area contributed by atoms with Gasteiger partial charge in [0.15, 0.2) is 0 Å². The van der Waals surface area contributed by atoms with Gasteiger partial charge in [0.25, 0.3) is 0 Å². The monoisotopic (exact) mass is 268 g/mol. The van der Waals surface area contributed by atoms with E-state index in [0.717, 1.165) is 18.9 Å². The van der Waals surface area contributed by atoms with Crippen molar-refractivity contribution >= 4 is 5.91 Å². The first-order chi connectivity index (χ1) is 8.99. The highest BCUT2D eigenvalue weighted by molar-refractivity contribution is 5.78. The molecule has 3 nitrogen and oxygen atoms in total. The van der Waals surface area contributed by atoms with Gasteiger partial charge < -0.3 is 5.32 Å². The number of carbonyl (C=O) groups is 1. The number of amides is 1. The van der Waals surface area contributed by atoms with E-state index in [1.807, 2.05) is 7.05 Å². The van der Waals surface area contributed by atoms with Crippen molar-refractivity contribution in [1.29, 1.82) is 0 Å². The molecule has 0 bridgehead atoms. The fourth-order valence-corrected chi connectivity index (χ4v) is 2.95. The van der Waals surface area contributed by atoms with E-state index in [9.17, 15) is 4.79 Å². The third-order valence-electron chi connectivity index (χ3n) is 4.27. The molecule has 1 aliphatic rings. The highest BCUT2D eigenvalue weighted by Crippen LogP contribution is 2.22. The molecule has 0 aliphatic heterocycles. The van der Waals surface area contributed by atoms with Crippen molar-refractivity contribution in [2.45, 2.75) is 65.3 Å². The van der Waals surface area contributed by atoms with Crippen LogP contribution in [0.4, 0.5) is 0 Å². The van der Waals surface area contributed by atoms with Crippen LogP contribution in [-0.4, -0.2) is 37.0 Å². The normalized spacial score (nSPS) is 18.8. The Balaban J connectivity index is 2.18. The molecule has 1 atom stereocenters. The fourth-order valence-electron chi connectivity index (χ4n) is 2.95. The first kappa shape index (κ1) is 16.5. The lowest BCUT2D eigenvalue weighted by atomic mass is 9.89. The van der Waals surface area contributed by atoms with Crippen LogP contribution in [0, 0.1) is 11.8 Å². The minimum absolute atomic E-state index is 0.184. The van der Waals surface area contributed by atoms with Crippen molar-refractivity contribution in [2.24, 2.45) is 11.8 Å². The van der Waals surface area contributed by atoms with Gasteiger partial charge in [-0.1, -0.05) is 33.1 Å². The Labute approximate surface area is 119 Å². The maximum absolute atomic E-state index is 11.9. The van der Waals surface area contributed by atoms with E-state index in [-0.39, 0.29) is 5.91 Å². The highest BCUT2D eigenvalue weighted by Gasteiger charge is 2.17. The van der Waals surface area contributed by atoms with Gasteiger partial charge in [0.1, 0.15) is 0 Å². The molecule has 0 aromatic heterocycles. The minimum Gasteiger partial charge on any atom is -0.355 e. The molecule has 1 N–H and O–H groups in total. The maximum atomic E-state index is 11.9. The van der Waals surface area contributed by atoms with E-state index in [4.69, 9.17) is 0 Å². The Morgan fingerprint density at radius 1 is 1.21 bits per heavy atom. The van der Waals surface area contributed by atoms with E-state index in [2.05, 4.69) is 31.0 Å². The molecular formula is C16H32N2O. The van der Waals surface area contributed by atoms with Crippen LogP contribution in [-0.2, 0) is 4.79 Å². The van der Waals surface area contributed by atoms with Crippen molar-refractivity contribution in [3.8, 4) is 0 Å². The first-order valence-electron chi connectivity index (χ1n) is 7.96. The van der Waals surface area contributed by atoms with Crippen molar-refractivity contribution in [3.63, 3.8) is 0 Å². The molecule has 112 valence electrons. The fraction of sp³-hybridized carbons (Fsp3) is 0.938. The van der Waals surface area contributed by atoms with E-state index in [1.165, 1.54) is 32.1 Å². The number of nitrogens with one attached hydrogen (secondary N) is 1. The van der Waals surface area contributed by atoms with Gasteiger partial charge >= 0.3 is 0 Å². The van der Waals surface area contributed by atoms with Crippen LogP contribution in [0.2, 0.25) is 0 Å². The number of rotatable bonds is 7. The molecule has 1 fully saturated rings. The molecule has 0 saturated heterocycles. The standard InChI is InChI=1S/C16H32N2O/c1-13(2)10-14(3)18(4)12-16(19)17-11-15-8-6-5-7-9-15/h13-15H,5-12H2,1-4H3,(H,17,19). The second-order valence-corrected chi connectivity index (χ2v) is 6.70. The molecular weight excluding hydrogens is 236 g/mol. The SMILES string of the molecule is CC(C)CC(C)N(C)CC(=O)NCC1CCCCC1. The molecule has 0 radical (unpaired) electrons. The highest BCUT2D eigenvalue weighted by atomic mass is 16.2. The summed E-state index contributed by atoms with van der Waals surface area (Å²) in [6, 6.07) is 0.473. The first-order valence-corrected chi connectivity index (χ1v) is 7.96. The summed E-state index contributed by atoms with van der Waals surface area (Å²) in [5.74, 6) is 1.59. The third kappa shape index (κ3) is 6.95. The average molecular weight is 268 g/mol. The Morgan fingerprint density at radius 3 is 2.42 bits per heavy atom. The van der Waals surface area contributed by atoms with Gasteiger partial charge in [0.05, 0.1) is 6.54 Å². The van der Waals surface area contributed by atoms with Crippen LogP contribution >= 0.6 is 0 Å². The van der Waals surface area contributed by atoms with Gasteiger partial charge in [0, 0.05) is 12.6 Å². The van der Waals surface area contributed by atoms with Crippen LogP contribution in [0.3, 0.4) is 0 Å². The zero-order valence-corrected chi connectivity index (χ0v) is 13.2. The quantitative estimate of drug-likeness (QED) is 0.769. The summed E-state index contributed by atoms with van der Waals surface area (Å²) >= 11 is 0. The predicted octanol–water partition coefficient (Wildman–Crippen LogP) is 3.05. The maximum Gasteiger partial charge on any atom is 0.234 e. The lowest BCUT2D eigenvalue weighted by Crippen LogP contribution is -2.41. The molecule has 1 unspecified atom stereocenters. The number of hydrogen-bond donors (Lipinski definition) is 1. The topological polar surface area (TPSA) is 32.3 Å². The predicted molar refractivity (Wildman–Crippen MR) is 81.1 cm³/mol. The summed E-state index contributed by atoms with van der Waals surface area (Å²) in [6.07, 6.45) is 7.78. The second kappa shape index (κ2) is 8.57. The van der Waals surface area contributed by atoms with Crippen LogP contribution in [0.15, 0.2) is 0 Å². The van der Waals surface area contributed by atoms with Crippen molar-refractivity contribution in [1.82, 2.24) is 10.2 Å². The van der Waals surface area contributed by atoms with Gasteiger partial charge in [-0.25, -0.2) is 0 Å². The van der Waals surface area contributed by atoms with Crippen LogP contribution in [0.5, 0.6) is 0 Å². The van der Waals surface area contributed by atoms with Crippen molar-refractivity contribution in [3.05, 3.63) is 0 Å². The molecule has 3 heteroatoms. The van der Waals surface area contributed by atoms with E-state index < -0.39 is 0 Å². The van der Waals surface area contributed by atoms with Crippen LogP contribution in [0.1, 0.15) is 59.3 Å². The summed E-state index contributed by atoms with van der Waals surface area (Å²) < 4.78 is 0. The lowest BCUT2D eigenvalue weighted by molar-refractivity contribution is -0.122. The molecule has 0 heterocycles. The molecule has 19 heavy (non-hydrogen) atoms. The van der Waals surface area contributed by atoms with Gasteiger partial charge in [-0.2, -0.15) is 0 Å². The number of likely N-dealkylation sites (N-methyl/N-ethyl adjacent to an activating group) is 1. The minimum atomic E-state index is 0.184. The Hall–Kier alpha value is -0.570. The van der Waals surface area contributed by atoms with Crippen LogP contribution < -0.4 is 5.32 Å². The summed E-state index contributed by atoms with van der Waals surface area (Å²) in [5.41, 5.74) is 0. The second-order valence-electron chi connectivity index (χ2n) is 6.70. The Morgan fingerprint density at radius 2 is 1.84 bits per heavy atom. The molecule has 0 aromatic rings. The third-order valence-corrected chi connectivity index (χ3v) is 4.27. The Bertz CT molecular complexity index is 259. The zero-order valence-electron chi connectivity index (χ0n) is 13.2. The summed E-state index contributed by atoms with van der Waals surface area (Å²) in [4.78, 5) is 14.1. The average Bonchev–Trinajstić information content (AvgIpc) is 2.36. The number of hydrogen-bond acceptors (Lipinski definition) is 2.